The van der Waals surface area contributed by atoms with Gasteiger partial charge >= 0.3 is 0 Å². The highest BCUT2D eigenvalue weighted by Crippen LogP contribution is 2.22. The van der Waals surface area contributed by atoms with Crippen molar-refractivity contribution in [3.05, 3.63) is 63.1 Å². The van der Waals surface area contributed by atoms with Crippen LogP contribution in [0.25, 0.3) is 0 Å². The Morgan fingerprint density at radius 1 is 1.22 bits per heavy atom. The maximum Gasteiger partial charge on any atom is 0.122 e. The summed E-state index contributed by atoms with van der Waals surface area (Å²) in [6.45, 7) is 0.419. The van der Waals surface area contributed by atoms with Crippen molar-refractivity contribution >= 4 is 27.5 Å². The summed E-state index contributed by atoms with van der Waals surface area (Å²) in [7, 11) is 0. The van der Waals surface area contributed by atoms with Gasteiger partial charge < -0.3 is 4.74 Å². The van der Waals surface area contributed by atoms with E-state index in [-0.39, 0.29) is 0 Å². The maximum absolute atomic E-state index is 8.86. The van der Waals surface area contributed by atoms with Crippen LogP contribution < -0.4 is 4.74 Å². The lowest BCUT2D eigenvalue weighted by Crippen LogP contribution is -1.95. The van der Waals surface area contributed by atoms with E-state index < -0.39 is 0 Å². The second kappa shape index (κ2) is 5.90. The number of hydrogen-bond acceptors (Lipinski definition) is 2. The second-order valence-electron chi connectivity index (χ2n) is 3.71. The summed E-state index contributed by atoms with van der Waals surface area (Å²) >= 11 is 9.23. The number of hydrogen-bond donors (Lipinski definition) is 0. The maximum atomic E-state index is 8.86. The molecule has 0 saturated heterocycles. The number of halogens is 2. The van der Waals surface area contributed by atoms with Crippen LogP contribution in [0.4, 0.5) is 0 Å². The van der Waals surface area contributed by atoms with E-state index in [0.29, 0.717) is 22.9 Å². The van der Waals surface area contributed by atoms with Gasteiger partial charge in [0.1, 0.15) is 12.4 Å². The van der Waals surface area contributed by atoms with Gasteiger partial charge in [0, 0.05) is 9.50 Å². The zero-order chi connectivity index (χ0) is 13.0. The van der Waals surface area contributed by atoms with Gasteiger partial charge in [-0.3, -0.25) is 0 Å². The Bertz CT molecular complexity index is 607. The minimum atomic E-state index is 0.419. The minimum Gasteiger partial charge on any atom is -0.489 e. The van der Waals surface area contributed by atoms with Crippen LogP contribution in [0.5, 0.6) is 5.75 Å². The molecule has 2 aromatic carbocycles. The van der Waals surface area contributed by atoms with E-state index >= 15 is 0 Å². The zero-order valence-electron chi connectivity index (χ0n) is 9.36. The van der Waals surface area contributed by atoms with Gasteiger partial charge in [-0.25, -0.2) is 0 Å². The topological polar surface area (TPSA) is 33.0 Å². The molecule has 0 radical (unpaired) electrons. The first kappa shape index (κ1) is 12.9. The third kappa shape index (κ3) is 3.49. The Morgan fingerprint density at radius 2 is 2.06 bits per heavy atom. The van der Waals surface area contributed by atoms with Crippen LogP contribution in [-0.2, 0) is 6.61 Å². The highest BCUT2D eigenvalue weighted by Gasteiger charge is 2.01. The molecule has 4 heteroatoms. The summed E-state index contributed by atoms with van der Waals surface area (Å²) in [6.07, 6.45) is 0. The van der Waals surface area contributed by atoms with E-state index in [2.05, 4.69) is 22.0 Å². The molecule has 2 rings (SSSR count). The molecule has 0 aliphatic heterocycles. The molecule has 0 heterocycles. The van der Waals surface area contributed by atoms with Crippen molar-refractivity contribution < 1.29 is 4.74 Å². The molecular weight excluding hydrogens is 314 g/mol. The molecule has 0 saturated carbocycles. The number of benzene rings is 2. The van der Waals surface area contributed by atoms with Crippen molar-refractivity contribution in [2.24, 2.45) is 0 Å². The molecule has 90 valence electrons. The quantitative estimate of drug-likeness (QED) is 0.830. The number of nitriles is 1. The Hall–Kier alpha value is -1.50. The van der Waals surface area contributed by atoms with E-state index in [1.165, 1.54) is 0 Å². The molecule has 0 amide bonds. The molecule has 0 aromatic heterocycles. The molecule has 0 fully saturated rings. The van der Waals surface area contributed by atoms with Gasteiger partial charge in [0.05, 0.1) is 11.6 Å². The average molecular weight is 323 g/mol. The fourth-order valence-electron chi connectivity index (χ4n) is 1.50. The van der Waals surface area contributed by atoms with E-state index in [0.717, 1.165) is 10.0 Å². The van der Waals surface area contributed by atoms with E-state index in [1.807, 2.05) is 30.3 Å². The smallest absolute Gasteiger partial charge is 0.122 e. The fraction of sp³-hybridized carbons (Fsp3) is 0.0714. The van der Waals surface area contributed by atoms with Crippen LogP contribution in [0.15, 0.2) is 46.9 Å². The predicted octanol–water partition coefficient (Wildman–Crippen LogP) is 4.55. The largest absolute Gasteiger partial charge is 0.489 e. The third-order valence-electron chi connectivity index (χ3n) is 2.29. The third-order valence-corrected chi connectivity index (χ3v) is 2.99. The van der Waals surface area contributed by atoms with Gasteiger partial charge in [-0.05, 0) is 35.9 Å². The molecule has 0 atom stereocenters. The molecule has 0 aliphatic rings. The van der Waals surface area contributed by atoms with Gasteiger partial charge in [0.2, 0.25) is 0 Å². The highest BCUT2D eigenvalue weighted by atomic mass is 79.9. The summed E-state index contributed by atoms with van der Waals surface area (Å²) in [6, 6.07) is 14.8. The zero-order valence-corrected chi connectivity index (χ0v) is 11.7. The molecule has 0 bridgehead atoms. The normalized spacial score (nSPS) is 9.83. The number of rotatable bonds is 3. The van der Waals surface area contributed by atoms with Gasteiger partial charge in [-0.2, -0.15) is 5.26 Å². The van der Waals surface area contributed by atoms with Crippen LogP contribution >= 0.6 is 27.5 Å². The molecule has 2 aromatic rings. The minimum absolute atomic E-state index is 0.419. The molecule has 0 N–H and O–H groups in total. The standard InChI is InChI=1S/C14H9BrClNO/c15-12-4-11(8-17)6-14(7-12)18-9-10-2-1-3-13(16)5-10/h1-7H,9H2. The van der Waals surface area contributed by atoms with Crippen molar-refractivity contribution in [2.75, 3.05) is 0 Å². The van der Waals surface area contributed by atoms with Gasteiger partial charge in [-0.15, -0.1) is 0 Å². The summed E-state index contributed by atoms with van der Waals surface area (Å²) in [5.74, 6) is 0.654. The molecule has 2 nitrogen and oxygen atoms in total. The van der Waals surface area contributed by atoms with Gasteiger partial charge in [-0.1, -0.05) is 39.7 Å². The summed E-state index contributed by atoms with van der Waals surface area (Å²) in [4.78, 5) is 0. The molecule has 18 heavy (non-hydrogen) atoms. The lowest BCUT2D eigenvalue weighted by atomic mass is 10.2. The fourth-order valence-corrected chi connectivity index (χ4v) is 2.19. The Kier molecular flexibility index (Phi) is 4.24. The van der Waals surface area contributed by atoms with Gasteiger partial charge in [0.15, 0.2) is 0 Å². The highest BCUT2D eigenvalue weighted by molar-refractivity contribution is 9.10. The lowest BCUT2D eigenvalue weighted by molar-refractivity contribution is 0.306. The summed E-state index contributed by atoms with van der Waals surface area (Å²) in [5, 5.41) is 9.55. The van der Waals surface area contributed by atoms with E-state index in [9.17, 15) is 0 Å². The second-order valence-corrected chi connectivity index (χ2v) is 5.06. The van der Waals surface area contributed by atoms with Gasteiger partial charge in [0.25, 0.3) is 0 Å². The molecular formula is C14H9BrClNO. The lowest BCUT2D eigenvalue weighted by Gasteiger charge is -2.07. The van der Waals surface area contributed by atoms with E-state index in [1.54, 1.807) is 12.1 Å². The van der Waals surface area contributed by atoms with Crippen LogP contribution in [0.2, 0.25) is 5.02 Å². The Balaban J connectivity index is 2.11. The molecule has 0 aliphatic carbocycles. The van der Waals surface area contributed by atoms with Crippen molar-refractivity contribution in [2.45, 2.75) is 6.61 Å². The SMILES string of the molecule is N#Cc1cc(Br)cc(OCc2cccc(Cl)c2)c1. The van der Waals surface area contributed by atoms with Crippen molar-refractivity contribution in [3.63, 3.8) is 0 Å². The average Bonchev–Trinajstić information content (AvgIpc) is 2.36. The summed E-state index contributed by atoms with van der Waals surface area (Å²) in [5.41, 5.74) is 1.55. The first-order valence-corrected chi connectivity index (χ1v) is 6.42. The number of nitrogens with zero attached hydrogens (tertiary/aromatic N) is 1. The first-order valence-electron chi connectivity index (χ1n) is 5.25. The molecule has 0 spiro atoms. The van der Waals surface area contributed by atoms with Crippen LogP contribution in [0.3, 0.4) is 0 Å². The van der Waals surface area contributed by atoms with Crippen molar-refractivity contribution in [3.8, 4) is 11.8 Å². The van der Waals surface area contributed by atoms with Crippen molar-refractivity contribution in [1.29, 1.82) is 5.26 Å². The molecule has 0 unspecified atom stereocenters. The number of ether oxygens (including phenoxy) is 1. The van der Waals surface area contributed by atoms with Crippen LogP contribution in [0.1, 0.15) is 11.1 Å². The summed E-state index contributed by atoms with van der Waals surface area (Å²) < 4.78 is 6.45. The van der Waals surface area contributed by atoms with Crippen LogP contribution in [0, 0.1) is 11.3 Å². The Morgan fingerprint density at radius 3 is 2.78 bits per heavy atom. The van der Waals surface area contributed by atoms with Crippen molar-refractivity contribution in [1.82, 2.24) is 0 Å². The predicted molar refractivity (Wildman–Crippen MR) is 74.6 cm³/mol. The first-order chi connectivity index (χ1) is 8.67. The Labute approximate surface area is 119 Å². The van der Waals surface area contributed by atoms with Crippen LogP contribution in [-0.4, -0.2) is 0 Å². The van der Waals surface area contributed by atoms with E-state index in [4.69, 9.17) is 21.6 Å². The monoisotopic (exact) mass is 321 g/mol.